The van der Waals surface area contributed by atoms with Gasteiger partial charge in [0.05, 0.1) is 0 Å². The third kappa shape index (κ3) is 4.45. The summed E-state index contributed by atoms with van der Waals surface area (Å²) in [6.45, 7) is 9.70. The lowest BCUT2D eigenvalue weighted by Crippen LogP contribution is -2.28. The Labute approximate surface area is 110 Å². The lowest BCUT2D eigenvalue weighted by Gasteiger charge is -2.23. The smallest absolute Gasteiger partial charge is 0.141 e. The maximum Gasteiger partial charge on any atom is 0.141 e. The van der Waals surface area contributed by atoms with E-state index in [0.29, 0.717) is 11.6 Å². The average Bonchev–Trinajstić information content (AvgIpc) is 2.38. The SMILES string of the molecule is CCC(C)CN(CC)Cc1ccnc(C(=N)N)c1. The van der Waals surface area contributed by atoms with Gasteiger partial charge in [0, 0.05) is 19.3 Å². The molecular formula is C14H24N4. The molecule has 0 bridgehead atoms. The minimum absolute atomic E-state index is 0.0295. The summed E-state index contributed by atoms with van der Waals surface area (Å²) in [6, 6.07) is 3.90. The topological polar surface area (TPSA) is 66.0 Å². The van der Waals surface area contributed by atoms with E-state index in [1.807, 2.05) is 12.1 Å². The molecule has 0 radical (unpaired) electrons. The van der Waals surface area contributed by atoms with Crippen LogP contribution in [-0.4, -0.2) is 28.8 Å². The maximum absolute atomic E-state index is 7.40. The number of nitrogens with zero attached hydrogens (tertiary/aromatic N) is 2. The zero-order valence-electron chi connectivity index (χ0n) is 11.6. The number of nitrogens with two attached hydrogens (primary N) is 1. The van der Waals surface area contributed by atoms with E-state index in [2.05, 4.69) is 30.7 Å². The molecule has 1 aromatic heterocycles. The first-order chi connectivity index (χ1) is 8.56. The molecular weight excluding hydrogens is 224 g/mol. The summed E-state index contributed by atoms with van der Waals surface area (Å²) in [7, 11) is 0. The second kappa shape index (κ2) is 7.11. The van der Waals surface area contributed by atoms with E-state index in [-0.39, 0.29) is 5.84 Å². The Hall–Kier alpha value is -1.42. The van der Waals surface area contributed by atoms with Crippen LogP contribution in [0.15, 0.2) is 18.3 Å². The van der Waals surface area contributed by atoms with Crippen LogP contribution in [0.3, 0.4) is 0 Å². The van der Waals surface area contributed by atoms with Crippen molar-refractivity contribution in [2.45, 2.75) is 33.7 Å². The van der Waals surface area contributed by atoms with Gasteiger partial charge in [-0.25, -0.2) is 0 Å². The standard InChI is InChI=1S/C14H24N4/c1-4-11(3)9-18(5-2)10-12-6-7-17-13(8-12)14(15)16/h6-8,11H,4-5,9-10H2,1-3H3,(H3,15,16). The molecule has 18 heavy (non-hydrogen) atoms. The fourth-order valence-corrected chi connectivity index (χ4v) is 1.85. The van der Waals surface area contributed by atoms with Crippen LogP contribution < -0.4 is 5.73 Å². The van der Waals surface area contributed by atoms with Crippen molar-refractivity contribution in [2.75, 3.05) is 13.1 Å². The molecule has 4 nitrogen and oxygen atoms in total. The number of hydrogen-bond acceptors (Lipinski definition) is 3. The summed E-state index contributed by atoms with van der Waals surface area (Å²) in [5.74, 6) is 0.737. The van der Waals surface area contributed by atoms with E-state index >= 15 is 0 Å². The van der Waals surface area contributed by atoms with Crippen molar-refractivity contribution in [1.29, 1.82) is 5.41 Å². The van der Waals surface area contributed by atoms with Crippen LogP contribution in [0.5, 0.6) is 0 Å². The van der Waals surface area contributed by atoms with Crippen molar-refractivity contribution in [3.05, 3.63) is 29.6 Å². The van der Waals surface area contributed by atoms with Crippen LogP contribution in [0.25, 0.3) is 0 Å². The highest BCUT2D eigenvalue weighted by atomic mass is 15.1. The highest BCUT2D eigenvalue weighted by molar-refractivity contribution is 5.93. The zero-order chi connectivity index (χ0) is 13.5. The number of hydrogen-bond donors (Lipinski definition) is 2. The molecule has 3 N–H and O–H groups in total. The molecule has 0 spiro atoms. The molecule has 1 unspecified atom stereocenters. The third-order valence-electron chi connectivity index (χ3n) is 3.22. The van der Waals surface area contributed by atoms with Crippen LogP contribution in [0.4, 0.5) is 0 Å². The number of nitrogens with one attached hydrogen (secondary N) is 1. The monoisotopic (exact) mass is 248 g/mol. The molecule has 0 aromatic carbocycles. The summed E-state index contributed by atoms with van der Waals surface area (Å²) < 4.78 is 0. The molecule has 0 aliphatic rings. The van der Waals surface area contributed by atoms with E-state index in [1.54, 1.807) is 6.20 Å². The number of nitrogen functional groups attached to an aromatic ring is 1. The molecule has 0 saturated carbocycles. The molecule has 1 rings (SSSR count). The number of pyridine rings is 1. The molecule has 1 aromatic rings. The molecule has 0 fully saturated rings. The largest absolute Gasteiger partial charge is 0.382 e. The van der Waals surface area contributed by atoms with Gasteiger partial charge >= 0.3 is 0 Å². The third-order valence-corrected chi connectivity index (χ3v) is 3.22. The normalized spacial score (nSPS) is 12.7. The van der Waals surface area contributed by atoms with Crippen molar-refractivity contribution in [2.24, 2.45) is 11.7 Å². The first-order valence-electron chi connectivity index (χ1n) is 6.58. The van der Waals surface area contributed by atoms with Gasteiger partial charge in [0.25, 0.3) is 0 Å². The van der Waals surface area contributed by atoms with Crippen molar-refractivity contribution in [3.63, 3.8) is 0 Å². The molecule has 100 valence electrons. The van der Waals surface area contributed by atoms with E-state index in [9.17, 15) is 0 Å². The number of amidine groups is 1. The second-order valence-electron chi connectivity index (χ2n) is 4.80. The molecule has 0 aliphatic heterocycles. The summed E-state index contributed by atoms with van der Waals surface area (Å²) >= 11 is 0. The van der Waals surface area contributed by atoms with E-state index in [4.69, 9.17) is 11.1 Å². The highest BCUT2D eigenvalue weighted by Crippen LogP contribution is 2.10. The summed E-state index contributed by atoms with van der Waals surface area (Å²) in [5.41, 5.74) is 7.18. The summed E-state index contributed by atoms with van der Waals surface area (Å²) in [6.07, 6.45) is 2.93. The predicted octanol–water partition coefficient (Wildman–Crippen LogP) is 2.23. The summed E-state index contributed by atoms with van der Waals surface area (Å²) in [4.78, 5) is 6.49. The van der Waals surface area contributed by atoms with Gasteiger partial charge in [-0.15, -0.1) is 0 Å². The van der Waals surface area contributed by atoms with Crippen molar-refractivity contribution in [3.8, 4) is 0 Å². The highest BCUT2D eigenvalue weighted by Gasteiger charge is 2.09. The molecule has 1 atom stereocenters. The van der Waals surface area contributed by atoms with Gasteiger partial charge < -0.3 is 5.73 Å². The van der Waals surface area contributed by atoms with Crippen LogP contribution in [0, 0.1) is 11.3 Å². The minimum Gasteiger partial charge on any atom is -0.382 e. The van der Waals surface area contributed by atoms with Gasteiger partial charge in [0.2, 0.25) is 0 Å². The lowest BCUT2D eigenvalue weighted by atomic mass is 10.1. The Balaban J connectivity index is 2.69. The van der Waals surface area contributed by atoms with E-state index in [0.717, 1.165) is 19.6 Å². The van der Waals surface area contributed by atoms with Gasteiger partial charge in [-0.1, -0.05) is 27.2 Å². The fourth-order valence-electron chi connectivity index (χ4n) is 1.85. The van der Waals surface area contributed by atoms with Crippen LogP contribution in [0.1, 0.15) is 38.4 Å². The number of rotatable bonds is 7. The van der Waals surface area contributed by atoms with Crippen LogP contribution >= 0.6 is 0 Å². The molecule has 0 saturated heterocycles. The molecule has 1 heterocycles. The quantitative estimate of drug-likeness (QED) is 0.574. The fraction of sp³-hybridized carbons (Fsp3) is 0.571. The predicted molar refractivity (Wildman–Crippen MR) is 75.7 cm³/mol. The number of aromatic nitrogens is 1. The lowest BCUT2D eigenvalue weighted by molar-refractivity contribution is 0.238. The zero-order valence-corrected chi connectivity index (χ0v) is 11.6. The molecule has 4 heteroatoms. The Morgan fingerprint density at radius 3 is 2.78 bits per heavy atom. The van der Waals surface area contributed by atoms with Crippen LogP contribution in [0.2, 0.25) is 0 Å². The Morgan fingerprint density at radius 2 is 2.22 bits per heavy atom. The second-order valence-corrected chi connectivity index (χ2v) is 4.80. The van der Waals surface area contributed by atoms with Gasteiger partial charge in [-0.2, -0.15) is 0 Å². The first-order valence-corrected chi connectivity index (χ1v) is 6.58. The average molecular weight is 248 g/mol. The van der Waals surface area contributed by atoms with E-state index < -0.39 is 0 Å². The Kier molecular flexibility index (Phi) is 5.78. The first kappa shape index (κ1) is 14.6. The Morgan fingerprint density at radius 1 is 1.50 bits per heavy atom. The van der Waals surface area contributed by atoms with Gasteiger partial charge in [-0.3, -0.25) is 15.3 Å². The van der Waals surface area contributed by atoms with Crippen LogP contribution in [-0.2, 0) is 6.54 Å². The van der Waals surface area contributed by atoms with Crippen molar-refractivity contribution < 1.29 is 0 Å². The van der Waals surface area contributed by atoms with Gasteiger partial charge in [0.15, 0.2) is 0 Å². The van der Waals surface area contributed by atoms with Crippen molar-refractivity contribution in [1.82, 2.24) is 9.88 Å². The van der Waals surface area contributed by atoms with Gasteiger partial charge in [-0.05, 0) is 30.2 Å². The molecule has 0 amide bonds. The van der Waals surface area contributed by atoms with E-state index in [1.165, 1.54) is 12.0 Å². The van der Waals surface area contributed by atoms with Gasteiger partial charge in [0.1, 0.15) is 11.5 Å². The summed E-state index contributed by atoms with van der Waals surface area (Å²) in [5, 5.41) is 7.40. The maximum atomic E-state index is 7.40. The Bertz CT molecular complexity index is 389. The minimum atomic E-state index is 0.0295. The molecule has 0 aliphatic carbocycles. The van der Waals surface area contributed by atoms with Crippen molar-refractivity contribution >= 4 is 5.84 Å².